The molecule has 0 N–H and O–H groups in total. The first-order valence-electron chi connectivity index (χ1n) is 9.98. The predicted molar refractivity (Wildman–Crippen MR) is 111 cm³/mol. The van der Waals surface area contributed by atoms with E-state index < -0.39 is 0 Å². The summed E-state index contributed by atoms with van der Waals surface area (Å²) in [5.41, 5.74) is 0.911. The zero-order valence-corrected chi connectivity index (χ0v) is 18.0. The van der Waals surface area contributed by atoms with Crippen molar-refractivity contribution in [1.29, 1.82) is 0 Å². The van der Waals surface area contributed by atoms with Gasteiger partial charge >= 0.3 is 6.03 Å². The van der Waals surface area contributed by atoms with Gasteiger partial charge in [-0.05, 0) is 35.7 Å². The summed E-state index contributed by atoms with van der Waals surface area (Å²) in [4.78, 5) is 30.6. The number of furan rings is 1. The smallest absolute Gasteiger partial charge is 0.319 e. The summed E-state index contributed by atoms with van der Waals surface area (Å²) in [6.45, 7) is 5.42. The number of carbonyl (C=O) groups is 2. The Kier molecular flexibility index (Phi) is 6.87. The van der Waals surface area contributed by atoms with Gasteiger partial charge in [0.15, 0.2) is 11.5 Å². The summed E-state index contributed by atoms with van der Waals surface area (Å²) in [6, 6.07) is 9.07. The maximum absolute atomic E-state index is 13.2. The summed E-state index contributed by atoms with van der Waals surface area (Å²) in [5, 5.41) is 0. The Labute approximate surface area is 176 Å². The third kappa shape index (κ3) is 5.46. The Balaban J connectivity index is 1.78. The molecule has 1 aromatic heterocycles. The van der Waals surface area contributed by atoms with Gasteiger partial charge in [-0.2, -0.15) is 0 Å². The largest absolute Gasteiger partial charge is 0.467 e. The summed E-state index contributed by atoms with van der Waals surface area (Å²) in [6.07, 6.45) is 1.58. The van der Waals surface area contributed by atoms with E-state index in [1.807, 2.05) is 38.1 Å². The van der Waals surface area contributed by atoms with Crippen molar-refractivity contribution in [3.63, 3.8) is 0 Å². The molecular weight excluding hydrogens is 386 g/mol. The second-order valence-electron chi connectivity index (χ2n) is 7.97. The zero-order chi connectivity index (χ0) is 21.7. The third-order valence-electron chi connectivity index (χ3n) is 4.65. The molecule has 2 aromatic rings. The van der Waals surface area contributed by atoms with Crippen LogP contribution in [0.15, 0.2) is 41.0 Å². The number of carbonyl (C=O) groups excluding carboxylic acids is 2. The monoisotopic (exact) mass is 415 g/mol. The highest BCUT2D eigenvalue weighted by molar-refractivity contribution is 5.84. The van der Waals surface area contributed by atoms with E-state index in [9.17, 15) is 9.59 Å². The minimum absolute atomic E-state index is 0.000450. The number of rotatable bonds is 8. The molecule has 8 heteroatoms. The number of fused-ring (bicyclic) bond motifs is 1. The first-order valence-corrected chi connectivity index (χ1v) is 9.98. The normalized spacial score (nSPS) is 12.2. The van der Waals surface area contributed by atoms with Crippen molar-refractivity contribution in [2.75, 3.05) is 34.0 Å². The molecule has 0 fully saturated rings. The molecule has 0 aliphatic carbocycles. The first-order chi connectivity index (χ1) is 14.3. The number of amides is 3. The molecule has 0 saturated heterocycles. The Hall–Kier alpha value is -3.16. The minimum Gasteiger partial charge on any atom is -0.467 e. The number of hydrogen-bond acceptors (Lipinski definition) is 5. The van der Waals surface area contributed by atoms with Gasteiger partial charge in [0, 0.05) is 27.2 Å². The van der Waals surface area contributed by atoms with Crippen molar-refractivity contribution in [3.05, 3.63) is 47.9 Å². The molecule has 1 aromatic carbocycles. The van der Waals surface area contributed by atoms with Gasteiger partial charge in [-0.25, -0.2) is 4.79 Å². The number of hydrogen-bond donors (Lipinski definition) is 0. The summed E-state index contributed by atoms with van der Waals surface area (Å²) in [5.74, 6) is 2.14. The summed E-state index contributed by atoms with van der Waals surface area (Å²) >= 11 is 0. The highest BCUT2D eigenvalue weighted by Crippen LogP contribution is 2.33. The van der Waals surface area contributed by atoms with Gasteiger partial charge in [0.25, 0.3) is 0 Å². The van der Waals surface area contributed by atoms with Crippen molar-refractivity contribution < 1.29 is 23.5 Å². The molecule has 2 heterocycles. The Bertz CT molecular complexity index is 864. The van der Waals surface area contributed by atoms with Gasteiger partial charge in [-0.1, -0.05) is 19.9 Å². The van der Waals surface area contributed by atoms with E-state index in [1.165, 1.54) is 4.90 Å². The number of benzene rings is 1. The number of ether oxygens (including phenoxy) is 2. The fourth-order valence-corrected chi connectivity index (χ4v) is 3.28. The van der Waals surface area contributed by atoms with Crippen LogP contribution in [0.1, 0.15) is 25.2 Å². The van der Waals surface area contributed by atoms with Gasteiger partial charge in [-0.15, -0.1) is 0 Å². The van der Waals surface area contributed by atoms with Crippen LogP contribution in [0.25, 0.3) is 0 Å². The van der Waals surface area contributed by atoms with Gasteiger partial charge in [0.2, 0.25) is 12.7 Å². The molecular formula is C22H29N3O5. The topological polar surface area (TPSA) is 75.5 Å². The van der Waals surface area contributed by atoms with Gasteiger partial charge < -0.3 is 28.6 Å². The number of urea groups is 1. The molecule has 0 bridgehead atoms. The summed E-state index contributed by atoms with van der Waals surface area (Å²) < 4.78 is 16.3. The molecule has 0 atom stereocenters. The molecule has 0 radical (unpaired) electrons. The van der Waals surface area contributed by atoms with Gasteiger partial charge in [-0.3, -0.25) is 4.79 Å². The van der Waals surface area contributed by atoms with Crippen molar-refractivity contribution in [2.45, 2.75) is 26.9 Å². The molecule has 1 aliphatic heterocycles. The van der Waals surface area contributed by atoms with Crippen LogP contribution in [-0.2, 0) is 17.9 Å². The van der Waals surface area contributed by atoms with Crippen molar-refractivity contribution in [3.8, 4) is 11.5 Å². The van der Waals surface area contributed by atoms with E-state index in [1.54, 1.807) is 36.2 Å². The molecule has 0 unspecified atom stereocenters. The van der Waals surface area contributed by atoms with E-state index in [-0.39, 0.29) is 31.2 Å². The lowest BCUT2D eigenvalue weighted by Crippen LogP contribution is -2.47. The zero-order valence-electron chi connectivity index (χ0n) is 18.0. The molecule has 3 amide bonds. The van der Waals surface area contributed by atoms with Crippen LogP contribution in [0, 0.1) is 5.92 Å². The maximum atomic E-state index is 13.2. The second-order valence-corrected chi connectivity index (χ2v) is 7.97. The second kappa shape index (κ2) is 9.56. The molecule has 0 saturated carbocycles. The fourth-order valence-electron chi connectivity index (χ4n) is 3.28. The molecule has 1 aliphatic rings. The van der Waals surface area contributed by atoms with Crippen LogP contribution in [-0.4, -0.2) is 60.6 Å². The first kappa shape index (κ1) is 21.5. The SMILES string of the molecule is CC(C)CN(CC(=O)N(Cc1ccc2c(c1)OCO2)Cc1ccco1)C(=O)N(C)C. The third-order valence-corrected chi connectivity index (χ3v) is 4.65. The van der Waals surface area contributed by atoms with E-state index in [0.717, 1.165) is 5.56 Å². The Morgan fingerprint density at radius 2 is 1.80 bits per heavy atom. The van der Waals surface area contributed by atoms with Crippen molar-refractivity contribution >= 4 is 11.9 Å². The standard InChI is InChI=1S/C22H29N3O5/c1-16(2)11-25(22(27)23(3)4)14-21(26)24(13-18-6-5-9-28-18)12-17-7-8-19-20(10-17)30-15-29-19/h5-10,16H,11-15H2,1-4H3. The van der Waals surface area contributed by atoms with Crippen LogP contribution in [0.5, 0.6) is 11.5 Å². The molecule has 3 rings (SSSR count). The molecule has 8 nitrogen and oxygen atoms in total. The highest BCUT2D eigenvalue weighted by atomic mass is 16.7. The average Bonchev–Trinajstić information content (AvgIpc) is 3.37. The van der Waals surface area contributed by atoms with E-state index in [4.69, 9.17) is 13.9 Å². The predicted octanol–water partition coefficient (Wildman–Crippen LogP) is 3.18. The van der Waals surface area contributed by atoms with Crippen molar-refractivity contribution in [2.24, 2.45) is 5.92 Å². The van der Waals surface area contributed by atoms with Crippen LogP contribution < -0.4 is 9.47 Å². The van der Waals surface area contributed by atoms with E-state index >= 15 is 0 Å². The molecule has 162 valence electrons. The minimum atomic E-state index is -0.182. The van der Waals surface area contributed by atoms with E-state index in [2.05, 4.69) is 0 Å². The van der Waals surface area contributed by atoms with E-state index in [0.29, 0.717) is 36.9 Å². The average molecular weight is 415 g/mol. The van der Waals surface area contributed by atoms with Crippen LogP contribution in [0.4, 0.5) is 4.79 Å². The van der Waals surface area contributed by atoms with Crippen LogP contribution in [0.2, 0.25) is 0 Å². The van der Waals surface area contributed by atoms with Crippen LogP contribution >= 0.6 is 0 Å². The quantitative estimate of drug-likeness (QED) is 0.662. The lowest BCUT2D eigenvalue weighted by Gasteiger charge is -2.30. The van der Waals surface area contributed by atoms with Crippen molar-refractivity contribution in [1.82, 2.24) is 14.7 Å². The number of nitrogens with zero attached hydrogens (tertiary/aromatic N) is 3. The Morgan fingerprint density at radius 1 is 1.03 bits per heavy atom. The molecule has 30 heavy (non-hydrogen) atoms. The maximum Gasteiger partial charge on any atom is 0.319 e. The highest BCUT2D eigenvalue weighted by Gasteiger charge is 2.24. The lowest BCUT2D eigenvalue weighted by molar-refractivity contribution is -0.133. The van der Waals surface area contributed by atoms with Gasteiger partial charge in [0.05, 0.1) is 12.8 Å². The summed E-state index contributed by atoms with van der Waals surface area (Å²) in [7, 11) is 3.38. The fraction of sp³-hybridized carbons (Fsp3) is 0.455. The van der Waals surface area contributed by atoms with Crippen LogP contribution in [0.3, 0.4) is 0 Å². The molecule has 0 spiro atoms. The van der Waals surface area contributed by atoms with Gasteiger partial charge in [0.1, 0.15) is 12.3 Å². The lowest BCUT2D eigenvalue weighted by atomic mass is 10.1. The Morgan fingerprint density at radius 3 is 2.47 bits per heavy atom.